The van der Waals surface area contributed by atoms with Gasteiger partial charge in [-0.3, -0.25) is 0 Å². The van der Waals surface area contributed by atoms with E-state index >= 15 is 0 Å². The third-order valence-electron chi connectivity index (χ3n) is 9.26. The summed E-state index contributed by atoms with van der Waals surface area (Å²) in [6.45, 7) is 9.59. The van der Waals surface area contributed by atoms with Crippen LogP contribution in [0.3, 0.4) is 0 Å². The van der Waals surface area contributed by atoms with Crippen LogP contribution in [0.25, 0.3) is 0 Å². The van der Waals surface area contributed by atoms with Gasteiger partial charge in [-0.25, -0.2) is 0 Å². The molecule has 2 radical (unpaired) electrons. The van der Waals surface area contributed by atoms with Crippen LogP contribution in [-0.2, 0) is 39.0 Å². The second kappa shape index (κ2) is 30.0. The van der Waals surface area contributed by atoms with Crippen LogP contribution in [0.5, 0.6) is 0 Å². The summed E-state index contributed by atoms with van der Waals surface area (Å²) in [7, 11) is -11.6. The molecular weight excluding hydrogens is 972 g/mol. The molecule has 2 atom stereocenters. The van der Waals surface area contributed by atoms with Gasteiger partial charge < -0.3 is 34.5 Å². The minimum Gasteiger partial charge on any atom is -0.418 e. The van der Waals surface area contributed by atoms with Crippen molar-refractivity contribution in [3.63, 3.8) is 0 Å². The molecule has 314 valence electrons. The molecule has 0 saturated heterocycles. The maximum Gasteiger partial charge on any atom is 0.673 e. The number of allylic oxidation sites excluding steroid dienone is 8. The van der Waals surface area contributed by atoms with E-state index in [1.54, 1.807) is 10.6 Å². The molecule has 0 saturated carbocycles. The van der Waals surface area contributed by atoms with E-state index in [1.165, 1.54) is 68.0 Å². The van der Waals surface area contributed by atoms with Gasteiger partial charge in [-0.05, 0) is 102 Å². The van der Waals surface area contributed by atoms with Crippen LogP contribution in [0, 0.1) is 23.7 Å². The first-order valence-electron chi connectivity index (χ1n) is 18.6. The van der Waals surface area contributed by atoms with Crippen LogP contribution in [-0.4, -0.2) is 69.7 Å². The van der Waals surface area contributed by atoms with Crippen molar-refractivity contribution in [3.8, 4) is 0 Å². The molecule has 0 nitrogen and oxygen atoms in total. The van der Waals surface area contributed by atoms with Gasteiger partial charge in [0.2, 0.25) is 0 Å². The first-order chi connectivity index (χ1) is 25.1. The second-order valence-electron chi connectivity index (χ2n) is 13.0. The second-order valence-corrected chi connectivity index (χ2v) is 24.4. The van der Waals surface area contributed by atoms with Gasteiger partial charge in [0.25, 0.3) is 0 Å². The van der Waals surface area contributed by atoms with Gasteiger partial charge in [-0.15, -0.1) is 15.8 Å². The Morgan fingerprint density at radius 2 is 0.673 bits per heavy atom. The Balaban J connectivity index is 0.000000889. The molecule has 0 aromatic heterocycles. The van der Waals surface area contributed by atoms with Crippen molar-refractivity contribution in [1.82, 2.24) is 0 Å². The molecule has 2 aromatic rings. The van der Waals surface area contributed by atoms with E-state index in [0.717, 1.165) is 23.7 Å². The van der Waals surface area contributed by atoms with Crippen LogP contribution >= 0.6 is 31.7 Å². The fraction of sp³-hybridized carbons (Fsp3) is 0.487. The first-order valence-corrected chi connectivity index (χ1v) is 25.9. The fourth-order valence-corrected chi connectivity index (χ4v) is 18.4. The zero-order chi connectivity index (χ0) is 39.3. The van der Waals surface area contributed by atoms with Crippen molar-refractivity contribution in [1.29, 1.82) is 0 Å². The Bertz CT molecular complexity index is 1210. The van der Waals surface area contributed by atoms with E-state index in [1.807, 2.05) is 0 Å². The van der Waals surface area contributed by atoms with E-state index in [9.17, 15) is 34.5 Å². The SMILES string of the molecule is C1=CC2C=CC1C2.C1=CC2C=CC1C2.CCP(CC)CCP(CP(CCP(CC)CC)c1ccccc1)c1ccccc1.F[B-](F)(F)F.F[B-](F)(F)F.[Rh].[Rh]. The molecule has 4 aliphatic rings. The predicted octanol–water partition coefficient (Wildman–Crippen LogP) is 13.7. The fourth-order valence-electron chi connectivity index (χ4n) is 6.31. The maximum atomic E-state index is 9.75. The smallest absolute Gasteiger partial charge is 0.418 e. The summed E-state index contributed by atoms with van der Waals surface area (Å²) in [6.07, 6.45) is 32.5. The summed E-state index contributed by atoms with van der Waals surface area (Å²) in [5.74, 6) is 4.68. The van der Waals surface area contributed by atoms with E-state index < -0.39 is 14.5 Å². The first kappa shape index (κ1) is 54.9. The number of hydrogen-bond acceptors (Lipinski definition) is 0. The van der Waals surface area contributed by atoms with E-state index in [2.05, 4.69) is 137 Å². The predicted molar refractivity (Wildman–Crippen MR) is 226 cm³/mol. The van der Waals surface area contributed by atoms with Crippen molar-refractivity contribution >= 4 is 56.8 Å². The van der Waals surface area contributed by atoms with Gasteiger partial charge in [-0.2, -0.15) is 0 Å². The standard InChI is InChI=1S/C25H40P4.2C7H8.2BF4.2Rh/c1-5-26(6-2)19-21-28(24-15-11-9-12-16-24)23-29(22-20-27(7-3)8-4)25-17-13-10-14-18-25;2*1-2-7-4-3-6(1)5-7;2*2-1(3,4)5;;/h9-18H,5-8,19-23H2,1-4H3;2*1-4,6-7H,5H2;;;;/q;;;2*-1;;. The minimum atomic E-state index is -6.00. The van der Waals surface area contributed by atoms with Gasteiger partial charge >= 0.3 is 14.5 Å². The summed E-state index contributed by atoms with van der Waals surface area (Å²) in [5, 5.41) is 3.28. The van der Waals surface area contributed by atoms with Gasteiger partial charge in [0.15, 0.2) is 0 Å². The summed E-state index contributed by atoms with van der Waals surface area (Å²) >= 11 is 0. The van der Waals surface area contributed by atoms with Crippen LogP contribution < -0.4 is 10.6 Å². The molecule has 0 heterocycles. The number of halogens is 8. The molecule has 2 unspecified atom stereocenters. The third-order valence-corrected chi connectivity index (χ3v) is 21.6. The molecule has 55 heavy (non-hydrogen) atoms. The zero-order valence-corrected chi connectivity index (χ0v) is 39.0. The molecule has 6 rings (SSSR count). The van der Waals surface area contributed by atoms with Gasteiger partial charge in [0.05, 0.1) is 0 Å². The third kappa shape index (κ3) is 26.6. The quantitative estimate of drug-likeness (QED) is 0.0766. The van der Waals surface area contributed by atoms with Gasteiger partial charge in [0.1, 0.15) is 0 Å². The van der Waals surface area contributed by atoms with Gasteiger partial charge in [-0.1, -0.05) is 153 Å². The Kier molecular flexibility index (Phi) is 30.0. The minimum absolute atomic E-state index is 0. The van der Waals surface area contributed by atoms with E-state index in [0.29, 0.717) is 0 Å². The van der Waals surface area contributed by atoms with Crippen molar-refractivity contribution < 1.29 is 73.5 Å². The molecule has 4 bridgehead atoms. The molecule has 0 amide bonds. The monoisotopic (exact) mass is 1030 g/mol. The molecule has 16 heteroatoms. The normalized spacial score (nSPS) is 20.5. The van der Waals surface area contributed by atoms with Crippen molar-refractivity contribution in [2.45, 2.75) is 40.5 Å². The average Bonchev–Trinajstić information content (AvgIpc) is 3.97. The topological polar surface area (TPSA) is 0 Å². The number of fused-ring (bicyclic) bond motifs is 4. The zero-order valence-electron chi connectivity index (χ0n) is 32.1. The summed E-state index contributed by atoms with van der Waals surface area (Å²) in [5.41, 5.74) is 0. The maximum absolute atomic E-state index is 9.75. The van der Waals surface area contributed by atoms with Crippen LogP contribution in [0.4, 0.5) is 34.5 Å². The molecule has 2 aromatic carbocycles. The number of benzene rings is 2. The largest absolute Gasteiger partial charge is 0.673 e. The van der Waals surface area contributed by atoms with Crippen LogP contribution in [0.1, 0.15) is 40.5 Å². The Hall–Kier alpha value is -0.0634. The van der Waals surface area contributed by atoms with E-state index in [4.69, 9.17) is 0 Å². The Labute approximate surface area is 356 Å². The van der Waals surface area contributed by atoms with Crippen molar-refractivity contribution in [2.24, 2.45) is 23.7 Å². The molecule has 0 spiro atoms. The molecule has 0 fully saturated rings. The van der Waals surface area contributed by atoms with E-state index in [-0.39, 0.29) is 70.6 Å². The Morgan fingerprint density at radius 3 is 0.855 bits per heavy atom. The average molecular weight is 1030 g/mol. The number of hydrogen-bond donors (Lipinski definition) is 0. The number of rotatable bonds is 14. The molecule has 4 aliphatic carbocycles. The Morgan fingerprint density at radius 1 is 0.436 bits per heavy atom. The molecular formula is C39H56B2F8P4Rh2-2. The summed E-state index contributed by atoms with van der Waals surface area (Å²) in [6, 6.07) is 23.0. The van der Waals surface area contributed by atoms with Crippen molar-refractivity contribution in [3.05, 3.63) is 109 Å². The molecule has 0 aliphatic heterocycles. The summed E-state index contributed by atoms with van der Waals surface area (Å²) < 4.78 is 78.0. The van der Waals surface area contributed by atoms with Crippen LogP contribution in [0.15, 0.2) is 109 Å². The van der Waals surface area contributed by atoms with Gasteiger partial charge in [0, 0.05) is 39.0 Å². The van der Waals surface area contributed by atoms with Crippen LogP contribution in [0.2, 0.25) is 0 Å². The molecule has 0 N–H and O–H groups in total. The summed E-state index contributed by atoms with van der Waals surface area (Å²) in [4.78, 5) is 0. The van der Waals surface area contributed by atoms with Crippen molar-refractivity contribution in [2.75, 3.05) is 55.2 Å².